The highest BCUT2D eigenvalue weighted by Gasteiger charge is 2.25. The molecule has 0 aliphatic carbocycles. The number of hydrogen-bond donors (Lipinski definition) is 2. The molecule has 6 nitrogen and oxygen atoms in total. The van der Waals surface area contributed by atoms with Gasteiger partial charge in [0.15, 0.2) is 0 Å². The molecule has 1 aromatic carbocycles. The first-order valence-corrected chi connectivity index (χ1v) is 13.1. The van der Waals surface area contributed by atoms with E-state index in [4.69, 9.17) is 21.2 Å². The van der Waals surface area contributed by atoms with Crippen molar-refractivity contribution in [2.75, 3.05) is 24.6 Å². The minimum absolute atomic E-state index is 0.466. The maximum Gasteiger partial charge on any atom is 0.232 e. The van der Waals surface area contributed by atoms with Crippen LogP contribution >= 0.6 is 22.7 Å². The summed E-state index contributed by atoms with van der Waals surface area (Å²) in [5.41, 5.74) is 15.3. The van der Waals surface area contributed by atoms with Crippen molar-refractivity contribution in [3.63, 3.8) is 0 Å². The van der Waals surface area contributed by atoms with E-state index in [-0.39, 0.29) is 0 Å². The number of anilines is 1. The van der Waals surface area contributed by atoms with Crippen LogP contribution in [0, 0.1) is 0 Å². The second-order valence-electron chi connectivity index (χ2n) is 6.94. The molecule has 31 heavy (non-hydrogen) atoms. The number of fused-ring (bicyclic) bond motifs is 1. The predicted molar refractivity (Wildman–Crippen MR) is 131 cm³/mol. The molecule has 0 radical (unpaired) electrons. The number of pyridine rings is 1. The summed E-state index contributed by atoms with van der Waals surface area (Å²) in [5, 5.41) is 3.62. The van der Waals surface area contributed by atoms with Crippen LogP contribution in [0.1, 0.15) is 19.8 Å². The van der Waals surface area contributed by atoms with Gasteiger partial charge in [-0.05, 0) is 46.9 Å². The molecule has 4 aromatic rings. The molecule has 0 saturated heterocycles. The zero-order valence-electron chi connectivity index (χ0n) is 17.2. The maximum atomic E-state index is 12.9. The molecule has 9 heteroatoms. The topological polar surface area (TPSA) is 110 Å². The summed E-state index contributed by atoms with van der Waals surface area (Å²) in [5.74, 6) is 1.37. The molecule has 4 N–H and O–H groups in total. The second kappa shape index (κ2) is 9.97. The van der Waals surface area contributed by atoms with E-state index < -0.39 is 11.2 Å². The SMILES string of the molecule is CCCC[S+]([O-])c1sc2nc(-c3nccs3)cc(-c3ccc(OCCN)cc3)c2c1N. The fourth-order valence-electron chi connectivity index (χ4n) is 3.23. The first-order valence-electron chi connectivity index (χ1n) is 10.1. The Morgan fingerprint density at radius 3 is 2.71 bits per heavy atom. The summed E-state index contributed by atoms with van der Waals surface area (Å²) in [4.78, 5) is 10.0. The summed E-state index contributed by atoms with van der Waals surface area (Å²) in [6.45, 7) is 3.02. The third kappa shape index (κ3) is 4.70. The first-order chi connectivity index (χ1) is 15.1. The quantitative estimate of drug-likeness (QED) is 0.335. The Labute approximate surface area is 192 Å². The van der Waals surface area contributed by atoms with Gasteiger partial charge in [-0.25, -0.2) is 9.97 Å². The van der Waals surface area contributed by atoms with Crippen molar-refractivity contribution >= 4 is 49.8 Å². The standard InChI is InChI=1S/C22H24N4O2S3/c1-2-3-12-31(27)22-19(24)18-16(14-4-6-15(7-5-14)28-10-8-23)13-17(26-21(18)30-22)20-25-9-11-29-20/h4-7,9,11,13H,2-3,8,10,12,23-24H2,1H3. The predicted octanol–water partition coefficient (Wildman–Crippen LogP) is 4.91. The number of benzene rings is 1. The highest BCUT2D eigenvalue weighted by molar-refractivity contribution is 7.93. The number of aromatic nitrogens is 2. The average Bonchev–Trinajstić information content (AvgIpc) is 3.44. The van der Waals surface area contributed by atoms with Gasteiger partial charge in [0.2, 0.25) is 4.21 Å². The molecule has 0 amide bonds. The number of hydrogen-bond acceptors (Lipinski definition) is 8. The van der Waals surface area contributed by atoms with Crippen molar-refractivity contribution in [1.29, 1.82) is 0 Å². The van der Waals surface area contributed by atoms with Crippen molar-refractivity contribution in [2.24, 2.45) is 5.73 Å². The van der Waals surface area contributed by atoms with Crippen molar-refractivity contribution < 1.29 is 9.29 Å². The molecular formula is C22H24N4O2S3. The number of nitrogens with two attached hydrogens (primary N) is 2. The maximum absolute atomic E-state index is 12.9. The van der Waals surface area contributed by atoms with E-state index in [0.717, 1.165) is 50.6 Å². The number of ether oxygens (including phenoxy) is 1. The Kier molecular flexibility index (Phi) is 7.09. The molecule has 3 heterocycles. The van der Waals surface area contributed by atoms with E-state index >= 15 is 0 Å². The van der Waals surface area contributed by atoms with Crippen LogP contribution in [0.4, 0.5) is 5.69 Å². The highest BCUT2D eigenvalue weighted by Crippen LogP contribution is 2.43. The fourth-order valence-corrected chi connectivity index (χ4v) is 6.63. The lowest BCUT2D eigenvalue weighted by molar-refractivity contribution is 0.328. The fraction of sp³-hybridized carbons (Fsp3) is 0.273. The van der Waals surface area contributed by atoms with Gasteiger partial charge in [0, 0.05) is 23.5 Å². The van der Waals surface area contributed by atoms with Crippen molar-refractivity contribution in [2.45, 2.75) is 24.0 Å². The molecule has 0 bridgehead atoms. The highest BCUT2D eigenvalue weighted by atomic mass is 32.2. The van der Waals surface area contributed by atoms with Crippen molar-refractivity contribution in [1.82, 2.24) is 9.97 Å². The van der Waals surface area contributed by atoms with Gasteiger partial charge < -0.3 is 20.8 Å². The van der Waals surface area contributed by atoms with Crippen LogP contribution in [0.15, 0.2) is 46.1 Å². The number of nitrogens with zero attached hydrogens (tertiary/aromatic N) is 2. The number of unbranched alkanes of at least 4 members (excludes halogenated alkanes) is 1. The summed E-state index contributed by atoms with van der Waals surface area (Å²) in [6, 6.07) is 9.85. The zero-order chi connectivity index (χ0) is 21.8. The van der Waals surface area contributed by atoms with Gasteiger partial charge in [-0.15, -0.1) is 11.3 Å². The van der Waals surface area contributed by atoms with Gasteiger partial charge in [-0.3, -0.25) is 0 Å². The van der Waals surface area contributed by atoms with Gasteiger partial charge >= 0.3 is 0 Å². The Hall–Kier alpha value is -2.17. The van der Waals surface area contributed by atoms with Crippen LogP contribution in [0.2, 0.25) is 0 Å². The molecule has 0 aliphatic rings. The average molecular weight is 473 g/mol. The van der Waals surface area contributed by atoms with Crippen LogP contribution in [-0.4, -0.2) is 33.4 Å². The van der Waals surface area contributed by atoms with Gasteiger partial charge in [-0.1, -0.05) is 36.8 Å². The normalized spacial score (nSPS) is 12.4. The summed E-state index contributed by atoms with van der Waals surface area (Å²) in [6.07, 6.45) is 3.66. The van der Waals surface area contributed by atoms with E-state index in [9.17, 15) is 4.55 Å². The molecule has 1 unspecified atom stereocenters. The van der Waals surface area contributed by atoms with Crippen LogP contribution in [-0.2, 0) is 11.2 Å². The smallest absolute Gasteiger partial charge is 0.232 e. The van der Waals surface area contributed by atoms with Crippen LogP contribution in [0.25, 0.3) is 32.0 Å². The molecule has 0 spiro atoms. The zero-order valence-corrected chi connectivity index (χ0v) is 19.6. The Balaban J connectivity index is 1.84. The number of thiazole rings is 1. The number of rotatable bonds is 9. The Morgan fingerprint density at radius 2 is 2.03 bits per heavy atom. The molecule has 162 valence electrons. The van der Waals surface area contributed by atoms with Gasteiger partial charge in [0.1, 0.15) is 39.3 Å². The Morgan fingerprint density at radius 1 is 1.23 bits per heavy atom. The number of nitrogen functional groups attached to an aromatic ring is 1. The first kappa shape index (κ1) is 22.0. The van der Waals surface area contributed by atoms with E-state index in [1.807, 2.05) is 35.7 Å². The summed E-state index contributed by atoms with van der Waals surface area (Å²) < 4.78 is 19.2. The van der Waals surface area contributed by atoms with Crippen LogP contribution < -0.4 is 16.2 Å². The van der Waals surface area contributed by atoms with Crippen molar-refractivity contribution in [3.8, 4) is 27.6 Å². The molecular weight excluding hydrogens is 448 g/mol. The molecule has 0 fully saturated rings. The molecule has 3 aromatic heterocycles. The molecule has 4 rings (SSSR count). The lowest BCUT2D eigenvalue weighted by atomic mass is 10.0. The van der Waals surface area contributed by atoms with E-state index in [2.05, 4.69) is 11.9 Å². The van der Waals surface area contributed by atoms with Crippen LogP contribution in [0.5, 0.6) is 5.75 Å². The largest absolute Gasteiger partial charge is 0.611 e. The van der Waals surface area contributed by atoms with Crippen molar-refractivity contribution in [3.05, 3.63) is 41.9 Å². The minimum Gasteiger partial charge on any atom is -0.611 e. The molecule has 0 aliphatic heterocycles. The second-order valence-corrected chi connectivity index (χ2v) is 10.6. The van der Waals surface area contributed by atoms with Crippen LogP contribution in [0.3, 0.4) is 0 Å². The van der Waals surface area contributed by atoms with E-state index in [1.165, 1.54) is 22.7 Å². The third-order valence-corrected chi connectivity index (χ3v) is 8.55. The van der Waals surface area contributed by atoms with Gasteiger partial charge in [-0.2, -0.15) is 0 Å². The number of thiophene rings is 1. The monoisotopic (exact) mass is 472 g/mol. The summed E-state index contributed by atoms with van der Waals surface area (Å²) in [7, 11) is 0. The summed E-state index contributed by atoms with van der Waals surface area (Å²) >= 11 is 1.82. The minimum atomic E-state index is -1.13. The van der Waals surface area contributed by atoms with E-state index in [1.54, 1.807) is 6.20 Å². The molecule has 1 atom stereocenters. The lowest BCUT2D eigenvalue weighted by Crippen LogP contribution is -2.10. The third-order valence-electron chi connectivity index (χ3n) is 4.76. The van der Waals surface area contributed by atoms with E-state index in [0.29, 0.717) is 28.8 Å². The molecule has 0 saturated carbocycles. The van der Waals surface area contributed by atoms with Gasteiger partial charge in [0.25, 0.3) is 0 Å². The lowest BCUT2D eigenvalue weighted by Gasteiger charge is -2.10. The van der Waals surface area contributed by atoms with Gasteiger partial charge in [0.05, 0.1) is 0 Å². The Bertz CT molecular complexity index is 1140.